The van der Waals surface area contributed by atoms with Crippen LogP contribution in [0.15, 0.2) is 58.7 Å². The van der Waals surface area contributed by atoms with Gasteiger partial charge < -0.3 is 20.5 Å². The first-order valence-electron chi connectivity index (χ1n) is 8.35. The van der Waals surface area contributed by atoms with Gasteiger partial charge in [0.25, 0.3) is 0 Å². The van der Waals surface area contributed by atoms with Crippen molar-refractivity contribution in [3.8, 4) is 11.5 Å². The highest BCUT2D eigenvalue weighted by Crippen LogP contribution is 2.23. The van der Waals surface area contributed by atoms with Crippen LogP contribution in [0.1, 0.15) is 12.0 Å². The van der Waals surface area contributed by atoms with Crippen LogP contribution >= 0.6 is 11.8 Å². The molecular formula is C19H18N4O4S. The summed E-state index contributed by atoms with van der Waals surface area (Å²) in [6.07, 6.45) is 1.39. The van der Waals surface area contributed by atoms with Crippen molar-refractivity contribution >= 4 is 40.6 Å². The summed E-state index contributed by atoms with van der Waals surface area (Å²) < 4.78 is 5.07. The first-order chi connectivity index (χ1) is 13.5. The first-order valence-corrected chi connectivity index (χ1v) is 9.23. The predicted octanol–water partition coefficient (Wildman–Crippen LogP) is 2.35. The zero-order valence-electron chi connectivity index (χ0n) is 15.0. The number of carbonyl (C=O) groups is 2. The number of benzene rings is 2. The average Bonchev–Trinajstić information content (AvgIpc) is 3.03. The standard InChI is InChI=1S/C19H18N4O4S/c1-27-14-8-6-13(7-9-14)21-17(25)10-16-18(26)22-19(28-16)23-20-11-12-4-2-3-5-15(12)24/h2-9,11,16,24H,10H2,1H3,(H,21,25)(H,22,23,26). The van der Waals surface area contributed by atoms with Crippen molar-refractivity contribution in [3.05, 3.63) is 54.1 Å². The summed E-state index contributed by atoms with van der Waals surface area (Å²) >= 11 is 1.14. The molecule has 9 heteroatoms. The van der Waals surface area contributed by atoms with Gasteiger partial charge in [-0.15, -0.1) is 5.10 Å². The molecular weight excluding hydrogens is 380 g/mol. The molecule has 2 amide bonds. The summed E-state index contributed by atoms with van der Waals surface area (Å²) in [5, 5.41) is 22.5. The van der Waals surface area contributed by atoms with Gasteiger partial charge >= 0.3 is 0 Å². The molecule has 3 N–H and O–H groups in total. The van der Waals surface area contributed by atoms with E-state index in [4.69, 9.17) is 4.74 Å². The maximum Gasteiger partial charge on any atom is 0.240 e. The molecule has 3 rings (SSSR count). The molecule has 8 nitrogen and oxygen atoms in total. The summed E-state index contributed by atoms with van der Waals surface area (Å²) in [6, 6.07) is 13.6. The largest absolute Gasteiger partial charge is 0.507 e. The lowest BCUT2D eigenvalue weighted by Crippen LogP contribution is -2.28. The van der Waals surface area contributed by atoms with E-state index < -0.39 is 5.25 Å². The number of carbonyl (C=O) groups excluding carboxylic acids is 2. The monoisotopic (exact) mass is 398 g/mol. The van der Waals surface area contributed by atoms with Crippen molar-refractivity contribution in [3.63, 3.8) is 0 Å². The van der Waals surface area contributed by atoms with Crippen LogP contribution in [0, 0.1) is 0 Å². The second-order valence-electron chi connectivity index (χ2n) is 5.79. The van der Waals surface area contributed by atoms with Crippen LogP contribution < -0.4 is 15.4 Å². The number of anilines is 1. The number of thioether (sulfide) groups is 1. The second kappa shape index (κ2) is 9.05. The fourth-order valence-corrected chi connectivity index (χ4v) is 3.31. The van der Waals surface area contributed by atoms with Crippen LogP contribution in [0.2, 0.25) is 0 Å². The molecule has 0 saturated carbocycles. The van der Waals surface area contributed by atoms with E-state index in [-0.39, 0.29) is 24.0 Å². The van der Waals surface area contributed by atoms with Gasteiger partial charge in [0.15, 0.2) is 5.17 Å². The van der Waals surface area contributed by atoms with E-state index in [1.54, 1.807) is 49.6 Å². The Balaban J connectivity index is 1.55. The fraction of sp³-hybridized carbons (Fsp3) is 0.158. The topological polar surface area (TPSA) is 112 Å². The molecule has 1 fully saturated rings. The lowest BCUT2D eigenvalue weighted by Gasteiger charge is -2.08. The molecule has 2 aromatic carbocycles. The van der Waals surface area contributed by atoms with Crippen molar-refractivity contribution in [2.75, 3.05) is 12.4 Å². The number of methoxy groups -OCH3 is 1. The number of phenols is 1. The Labute approximate surface area is 165 Å². The zero-order valence-corrected chi connectivity index (χ0v) is 15.8. The Morgan fingerprint density at radius 2 is 2.04 bits per heavy atom. The Hall–Kier alpha value is -3.33. The van der Waals surface area contributed by atoms with Gasteiger partial charge in [-0.3, -0.25) is 9.59 Å². The third kappa shape index (κ3) is 5.10. The number of ether oxygens (including phenoxy) is 1. The number of nitrogens with one attached hydrogen (secondary N) is 2. The Morgan fingerprint density at radius 1 is 1.29 bits per heavy atom. The van der Waals surface area contributed by atoms with Gasteiger partial charge in [-0.05, 0) is 36.4 Å². The number of rotatable bonds is 6. The molecule has 0 spiro atoms. The summed E-state index contributed by atoms with van der Waals surface area (Å²) in [6.45, 7) is 0. The van der Waals surface area contributed by atoms with Crippen molar-refractivity contribution in [2.24, 2.45) is 10.2 Å². The minimum absolute atomic E-state index is 0.00470. The SMILES string of the molecule is COc1ccc(NC(=O)CC2SC(=NN=Cc3ccccc3O)NC2=O)cc1. The second-order valence-corrected chi connectivity index (χ2v) is 6.98. The van der Waals surface area contributed by atoms with Gasteiger partial charge in [-0.25, -0.2) is 0 Å². The molecule has 1 aliphatic heterocycles. The molecule has 0 aromatic heterocycles. The number of para-hydroxylation sites is 1. The Kier molecular flexibility index (Phi) is 6.28. The number of amides is 2. The molecule has 2 aromatic rings. The van der Waals surface area contributed by atoms with E-state index in [1.807, 2.05) is 0 Å². The minimum atomic E-state index is -0.586. The summed E-state index contributed by atoms with van der Waals surface area (Å²) in [4.78, 5) is 24.2. The van der Waals surface area contributed by atoms with Gasteiger partial charge in [-0.2, -0.15) is 5.10 Å². The van der Waals surface area contributed by atoms with Crippen molar-refractivity contribution in [1.29, 1.82) is 0 Å². The molecule has 0 aliphatic carbocycles. The minimum Gasteiger partial charge on any atom is -0.507 e. The quantitative estimate of drug-likeness (QED) is 0.511. The summed E-state index contributed by atoms with van der Waals surface area (Å²) in [5.41, 5.74) is 1.13. The first kappa shape index (κ1) is 19.4. The van der Waals surface area contributed by atoms with Gasteiger partial charge in [0.1, 0.15) is 16.7 Å². The Bertz CT molecular complexity index is 928. The predicted molar refractivity (Wildman–Crippen MR) is 109 cm³/mol. The zero-order chi connectivity index (χ0) is 19.9. The number of amidine groups is 1. The van der Waals surface area contributed by atoms with Crippen molar-refractivity contribution in [1.82, 2.24) is 5.32 Å². The van der Waals surface area contributed by atoms with Crippen LogP contribution in [0.5, 0.6) is 11.5 Å². The molecule has 1 saturated heterocycles. The molecule has 1 atom stereocenters. The number of phenolic OH excluding ortho intramolecular Hbond substituents is 1. The van der Waals surface area contributed by atoms with Crippen LogP contribution in [-0.2, 0) is 9.59 Å². The maximum atomic E-state index is 12.2. The van der Waals surface area contributed by atoms with E-state index in [1.165, 1.54) is 12.3 Å². The molecule has 1 unspecified atom stereocenters. The number of aromatic hydroxyl groups is 1. The third-order valence-electron chi connectivity index (χ3n) is 3.80. The number of hydrogen-bond acceptors (Lipinski definition) is 7. The summed E-state index contributed by atoms with van der Waals surface area (Å²) in [5.74, 6) is 0.194. The maximum absolute atomic E-state index is 12.2. The van der Waals surface area contributed by atoms with Crippen LogP contribution in [0.4, 0.5) is 5.69 Å². The molecule has 0 radical (unpaired) electrons. The van der Waals surface area contributed by atoms with Gasteiger partial charge in [0, 0.05) is 17.7 Å². The van der Waals surface area contributed by atoms with E-state index in [0.29, 0.717) is 22.2 Å². The smallest absolute Gasteiger partial charge is 0.240 e. The van der Waals surface area contributed by atoms with Gasteiger partial charge in [-0.1, -0.05) is 23.9 Å². The molecule has 28 heavy (non-hydrogen) atoms. The van der Waals surface area contributed by atoms with Gasteiger partial charge in [0.2, 0.25) is 11.8 Å². The molecule has 1 heterocycles. The van der Waals surface area contributed by atoms with E-state index in [0.717, 1.165) is 11.8 Å². The highest BCUT2D eigenvalue weighted by Gasteiger charge is 2.32. The van der Waals surface area contributed by atoms with Gasteiger partial charge in [0.05, 0.1) is 13.3 Å². The highest BCUT2D eigenvalue weighted by molar-refractivity contribution is 8.15. The normalized spacial score (nSPS) is 17.7. The number of hydrogen-bond donors (Lipinski definition) is 3. The van der Waals surface area contributed by atoms with Crippen molar-refractivity contribution in [2.45, 2.75) is 11.7 Å². The van der Waals surface area contributed by atoms with Crippen LogP contribution in [0.3, 0.4) is 0 Å². The van der Waals surface area contributed by atoms with E-state index in [2.05, 4.69) is 20.8 Å². The lowest BCUT2D eigenvalue weighted by molar-refractivity contribution is -0.122. The molecule has 1 aliphatic rings. The average molecular weight is 398 g/mol. The van der Waals surface area contributed by atoms with Crippen LogP contribution in [-0.4, -0.2) is 40.7 Å². The van der Waals surface area contributed by atoms with Crippen LogP contribution in [0.25, 0.3) is 0 Å². The van der Waals surface area contributed by atoms with E-state index >= 15 is 0 Å². The third-order valence-corrected chi connectivity index (χ3v) is 4.88. The lowest BCUT2D eigenvalue weighted by atomic mass is 10.2. The Morgan fingerprint density at radius 3 is 2.75 bits per heavy atom. The number of nitrogens with zero attached hydrogens (tertiary/aromatic N) is 2. The van der Waals surface area contributed by atoms with E-state index in [9.17, 15) is 14.7 Å². The van der Waals surface area contributed by atoms with Crippen molar-refractivity contribution < 1.29 is 19.4 Å². The molecule has 0 bridgehead atoms. The fourth-order valence-electron chi connectivity index (χ4n) is 2.38. The molecule has 144 valence electrons. The summed E-state index contributed by atoms with van der Waals surface area (Å²) in [7, 11) is 1.56. The highest BCUT2D eigenvalue weighted by atomic mass is 32.2.